The summed E-state index contributed by atoms with van der Waals surface area (Å²) in [6.45, 7) is 0. The molecule has 7 heteroatoms. The van der Waals surface area contributed by atoms with E-state index in [1.807, 2.05) is 11.4 Å². The van der Waals surface area contributed by atoms with Gasteiger partial charge < -0.3 is 4.74 Å². The molecule has 0 aliphatic heterocycles. The fourth-order valence-corrected chi connectivity index (χ4v) is 3.15. The van der Waals surface area contributed by atoms with Gasteiger partial charge in [-0.25, -0.2) is 10.4 Å². The summed E-state index contributed by atoms with van der Waals surface area (Å²) in [5.74, 6) is 6.07. The van der Waals surface area contributed by atoms with Gasteiger partial charge in [0.2, 0.25) is 5.88 Å². The third-order valence-corrected chi connectivity index (χ3v) is 4.17. The number of nitrogens with zero attached hydrogens (tertiary/aromatic N) is 2. The number of methoxy groups -OCH3 is 1. The average molecular weight is 315 g/mol. The van der Waals surface area contributed by atoms with Crippen molar-refractivity contribution in [3.8, 4) is 5.88 Å². The van der Waals surface area contributed by atoms with Crippen molar-refractivity contribution in [2.45, 2.75) is 6.04 Å². The van der Waals surface area contributed by atoms with Crippen LogP contribution < -0.4 is 16.0 Å². The molecule has 0 amide bonds. The Bertz CT molecular complexity index is 505. The van der Waals surface area contributed by atoms with Gasteiger partial charge >= 0.3 is 0 Å². The van der Waals surface area contributed by atoms with Gasteiger partial charge in [-0.05, 0) is 27.4 Å². The van der Waals surface area contributed by atoms with Gasteiger partial charge in [-0.3, -0.25) is 10.8 Å². The topological polar surface area (TPSA) is 73.1 Å². The maximum atomic E-state index is 5.60. The summed E-state index contributed by atoms with van der Waals surface area (Å²) in [5.41, 5.74) is 3.40. The van der Waals surface area contributed by atoms with Crippen LogP contribution in [0.3, 0.4) is 0 Å². The highest BCUT2D eigenvalue weighted by molar-refractivity contribution is 9.10. The molecule has 2 rings (SSSR count). The normalized spacial score (nSPS) is 12.4. The lowest BCUT2D eigenvalue weighted by atomic mass is 10.2. The molecule has 0 saturated carbocycles. The summed E-state index contributed by atoms with van der Waals surface area (Å²) in [4.78, 5) is 9.42. The molecule has 2 aromatic heterocycles. The van der Waals surface area contributed by atoms with Crippen LogP contribution in [0.2, 0.25) is 0 Å². The highest BCUT2D eigenvalue weighted by Gasteiger charge is 2.22. The first-order valence-corrected chi connectivity index (χ1v) is 6.49. The second-order valence-electron chi connectivity index (χ2n) is 3.18. The Morgan fingerprint density at radius 3 is 2.82 bits per heavy atom. The number of halogens is 1. The molecule has 1 atom stereocenters. The number of hydrogen-bond acceptors (Lipinski definition) is 6. The Kier molecular flexibility index (Phi) is 4.06. The molecular weight excluding hydrogens is 304 g/mol. The number of nitrogens with two attached hydrogens (primary N) is 1. The van der Waals surface area contributed by atoms with E-state index in [4.69, 9.17) is 10.6 Å². The van der Waals surface area contributed by atoms with Crippen LogP contribution in [0.5, 0.6) is 5.88 Å². The van der Waals surface area contributed by atoms with Gasteiger partial charge in [-0.15, -0.1) is 11.3 Å². The summed E-state index contributed by atoms with van der Waals surface area (Å²) in [6.07, 6.45) is 3.20. The number of hydrogen-bond donors (Lipinski definition) is 2. The monoisotopic (exact) mass is 314 g/mol. The van der Waals surface area contributed by atoms with E-state index in [1.54, 1.807) is 30.8 Å². The Hall–Kier alpha value is -1.02. The molecule has 0 bridgehead atoms. The first-order chi connectivity index (χ1) is 8.27. The van der Waals surface area contributed by atoms with E-state index < -0.39 is 0 Å². The lowest BCUT2D eigenvalue weighted by molar-refractivity contribution is 0.383. The Morgan fingerprint density at radius 1 is 1.47 bits per heavy atom. The fourth-order valence-electron chi connectivity index (χ4n) is 1.48. The molecule has 0 aliphatic carbocycles. The first kappa shape index (κ1) is 12.4. The highest BCUT2D eigenvalue weighted by Crippen LogP contribution is 2.34. The largest absolute Gasteiger partial charge is 0.480 e. The lowest BCUT2D eigenvalue weighted by Crippen LogP contribution is -2.29. The van der Waals surface area contributed by atoms with Gasteiger partial charge in [-0.2, -0.15) is 0 Å². The minimum Gasteiger partial charge on any atom is -0.480 e. The van der Waals surface area contributed by atoms with E-state index in [0.717, 1.165) is 9.35 Å². The van der Waals surface area contributed by atoms with Crippen molar-refractivity contribution in [2.24, 2.45) is 5.84 Å². The van der Waals surface area contributed by atoms with Gasteiger partial charge in [0.25, 0.3) is 0 Å². The molecule has 17 heavy (non-hydrogen) atoms. The molecule has 0 aliphatic rings. The molecule has 2 aromatic rings. The smallest absolute Gasteiger partial charge is 0.237 e. The number of thiophene rings is 1. The zero-order valence-electron chi connectivity index (χ0n) is 9.05. The molecule has 1 unspecified atom stereocenters. The third-order valence-electron chi connectivity index (χ3n) is 2.23. The van der Waals surface area contributed by atoms with E-state index in [-0.39, 0.29) is 6.04 Å². The van der Waals surface area contributed by atoms with E-state index in [2.05, 4.69) is 31.3 Å². The van der Waals surface area contributed by atoms with Crippen molar-refractivity contribution in [1.82, 2.24) is 15.4 Å². The van der Waals surface area contributed by atoms with Crippen molar-refractivity contribution in [2.75, 3.05) is 7.11 Å². The number of aromatic nitrogens is 2. The van der Waals surface area contributed by atoms with Crippen molar-refractivity contribution in [1.29, 1.82) is 0 Å². The summed E-state index contributed by atoms with van der Waals surface area (Å²) in [7, 11) is 1.56. The van der Waals surface area contributed by atoms with Crippen LogP contribution in [0.25, 0.3) is 0 Å². The molecule has 0 radical (unpaired) electrons. The highest BCUT2D eigenvalue weighted by atomic mass is 79.9. The van der Waals surface area contributed by atoms with Gasteiger partial charge in [0.1, 0.15) is 11.7 Å². The van der Waals surface area contributed by atoms with Crippen molar-refractivity contribution >= 4 is 27.3 Å². The van der Waals surface area contributed by atoms with Crippen LogP contribution in [-0.4, -0.2) is 17.1 Å². The minimum atomic E-state index is -0.243. The SMILES string of the molecule is COc1nccnc1C(NN)c1sccc1Br. The van der Waals surface area contributed by atoms with Gasteiger partial charge in [0, 0.05) is 21.7 Å². The van der Waals surface area contributed by atoms with Crippen LogP contribution in [-0.2, 0) is 0 Å². The molecule has 0 saturated heterocycles. The molecule has 2 heterocycles. The summed E-state index contributed by atoms with van der Waals surface area (Å²) >= 11 is 5.06. The van der Waals surface area contributed by atoms with E-state index in [9.17, 15) is 0 Å². The maximum Gasteiger partial charge on any atom is 0.237 e. The van der Waals surface area contributed by atoms with Gasteiger partial charge in [0.05, 0.1) is 7.11 Å². The summed E-state index contributed by atoms with van der Waals surface area (Å²) in [6, 6.07) is 1.72. The quantitative estimate of drug-likeness (QED) is 0.665. The predicted octanol–water partition coefficient (Wildman–Crippen LogP) is 1.86. The number of nitrogens with one attached hydrogen (secondary N) is 1. The third kappa shape index (κ3) is 2.47. The molecule has 0 aromatic carbocycles. The van der Waals surface area contributed by atoms with Crippen molar-refractivity contribution in [3.05, 3.63) is 38.9 Å². The van der Waals surface area contributed by atoms with Gasteiger partial charge in [0.15, 0.2) is 0 Å². The van der Waals surface area contributed by atoms with E-state index >= 15 is 0 Å². The second-order valence-corrected chi connectivity index (χ2v) is 4.99. The van der Waals surface area contributed by atoms with Crippen LogP contribution in [0.4, 0.5) is 0 Å². The zero-order valence-corrected chi connectivity index (χ0v) is 11.5. The predicted molar refractivity (Wildman–Crippen MR) is 69.8 cm³/mol. The van der Waals surface area contributed by atoms with Crippen molar-refractivity contribution < 1.29 is 4.74 Å². The van der Waals surface area contributed by atoms with E-state index in [0.29, 0.717) is 11.6 Å². The molecule has 0 fully saturated rings. The number of rotatable bonds is 4. The van der Waals surface area contributed by atoms with Crippen LogP contribution in [0.15, 0.2) is 28.3 Å². The van der Waals surface area contributed by atoms with E-state index in [1.165, 1.54) is 0 Å². The summed E-state index contributed by atoms with van der Waals surface area (Å²) in [5, 5.41) is 1.98. The van der Waals surface area contributed by atoms with Crippen LogP contribution in [0, 0.1) is 0 Å². The van der Waals surface area contributed by atoms with Crippen molar-refractivity contribution in [3.63, 3.8) is 0 Å². The molecular formula is C10H11BrN4OS. The molecule has 0 spiro atoms. The number of hydrazine groups is 1. The maximum absolute atomic E-state index is 5.60. The van der Waals surface area contributed by atoms with Gasteiger partial charge in [-0.1, -0.05) is 0 Å². The molecule has 3 N–H and O–H groups in total. The molecule has 5 nitrogen and oxygen atoms in total. The standard InChI is InChI=1S/C10H11BrN4OS/c1-16-10-8(13-3-4-14-10)7(15-12)9-6(11)2-5-17-9/h2-5,7,15H,12H2,1H3. The second kappa shape index (κ2) is 5.54. The van der Waals surface area contributed by atoms with Crippen LogP contribution >= 0.6 is 27.3 Å². The minimum absolute atomic E-state index is 0.243. The Labute approximate surface area is 111 Å². The Balaban J connectivity index is 2.46. The lowest BCUT2D eigenvalue weighted by Gasteiger charge is -2.16. The van der Waals surface area contributed by atoms with Crippen LogP contribution in [0.1, 0.15) is 16.6 Å². The zero-order chi connectivity index (χ0) is 12.3. The number of ether oxygens (including phenoxy) is 1. The first-order valence-electron chi connectivity index (χ1n) is 4.81. The summed E-state index contributed by atoms with van der Waals surface area (Å²) < 4.78 is 6.17. The Morgan fingerprint density at radius 2 is 2.24 bits per heavy atom. The average Bonchev–Trinajstić information content (AvgIpc) is 2.78. The molecule has 90 valence electrons. The fraction of sp³-hybridized carbons (Fsp3) is 0.200.